The van der Waals surface area contributed by atoms with Crippen molar-refractivity contribution in [3.63, 3.8) is 0 Å². The molecule has 1 unspecified atom stereocenters. The van der Waals surface area contributed by atoms with Gasteiger partial charge in [-0.05, 0) is 6.92 Å². The Balaban J connectivity index is 3.16. The van der Waals surface area contributed by atoms with Gasteiger partial charge in [0.05, 0.1) is 0 Å². The summed E-state index contributed by atoms with van der Waals surface area (Å²) in [5.41, 5.74) is 0. The summed E-state index contributed by atoms with van der Waals surface area (Å²) in [6.07, 6.45) is 1.99. The van der Waals surface area contributed by atoms with E-state index in [1.807, 2.05) is 0 Å². The minimum absolute atomic E-state index is 0.273. The molecule has 8 heavy (non-hydrogen) atoms. The second-order valence-electron chi connectivity index (χ2n) is 1.38. The molecule has 0 aromatic heterocycles. The predicted octanol–water partition coefficient (Wildman–Crippen LogP) is 0.938. The molecule has 1 radical (unpaired) electrons. The normalized spacial score (nSPS) is 12.1. The molecule has 2 heteroatoms. The third-order valence-electron chi connectivity index (χ3n) is 0.678. The lowest BCUT2D eigenvalue weighted by atomic mass is 10.3. The van der Waals surface area contributed by atoms with Crippen molar-refractivity contribution in [3.05, 3.63) is 19.6 Å². The van der Waals surface area contributed by atoms with Crippen LogP contribution in [0, 0.1) is 6.92 Å². The van der Waals surface area contributed by atoms with Gasteiger partial charge in [-0.15, -0.1) is 6.58 Å². The summed E-state index contributed by atoms with van der Waals surface area (Å²) in [7, 11) is 0. The van der Waals surface area contributed by atoms with Crippen LogP contribution in [0.4, 0.5) is 0 Å². The molecule has 0 amide bonds. The maximum atomic E-state index is 9.59. The molecule has 0 bridgehead atoms. The Morgan fingerprint density at radius 2 is 2.38 bits per heavy atom. The minimum Gasteiger partial charge on any atom is -0.464 e. The average molecular weight is 113 g/mol. The van der Waals surface area contributed by atoms with E-state index in [2.05, 4.69) is 18.2 Å². The highest BCUT2D eigenvalue weighted by atomic mass is 16.5. The van der Waals surface area contributed by atoms with Crippen molar-refractivity contribution in [3.8, 4) is 0 Å². The van der Waals surface area contributed by atoms with Crippen molar-refractivity contribution in [2.24, 2.45) is 0 Å². The van der Waals surface area contributed by atoms with Crippen molar-refractivity contribution in [2.45, 2.75) is 12.5 Å². The van der Waals surface area contributed by atoms with Crippen LogP contribution in [0.1, 0.15) is 6.42 Å². The van der Waals surface area contributed by atoms with Crippen molar-refractivity contribution in [2.75, 3.05) is 0 Å². The maximum absolute atomic E-state index is 9.59. The highest BCUT2D eigenvalue weighted by Gasteiger charge is 1.94. The molecular weight excluding hydrogens is 104 g/mol. The number of carbonyl (C=O) groups excluding carboxylic acids is 1. The quantitative estimate of drug-likeness (QED) is 0.400. The molecule has 0 fully saturated rings. The van der Waals surface area contributed by atoms with E-state index >= 15 is 0 Å². The monoisotopic (exact) mass is 113 g/mol. The van der Waals surface area contributed by atoms with Gasteiger partial charge >= 0.3 is 0 Å². The van der Waals surface area contributed by atoms with Crippen LogP contribution in [-0.2, 0) is 9.53 Å². The first-order chi connectivity index (χ1) is 3.81. The smallest absolute Gasteiger partial charge is 0.293 e. The summed E-state index contributed by atoms with van der Waals surface area (Å²) in [5.74, 6) is 0. The van der Waals surface area contributed by atoms with Crippen LogP contribution in [-0.4, -0.2) is 12.6 Å². The minimum atomic E-state index is -0.273. The summed E-state index contributed by atoms with van der Waals surface area (Å²) >= 11 is 0. The Morgan fingerprint density at radius 1 is 1.75 bits per heavy atom. The van der Waals surface area contributed by atoms with Crippen LogP contribution >= 0.6 is 0 Å². The second kappa shape index (κ2) is 4.37. The zero-order chi connectivity index (χ0) is 6.41. The van der Waals surface area contributed by atoms with E-state index in [4.69, 9.17) is 0 Å². The van der Waals surface area contributed by atoms with Crippen LogP contribution in [0.5, 0.6) is 0 Å². The highest BCUT2D eigenvalue weighted by Crippen LogP contribution is 1.92. The molecule has 0 saturated heterocycles. The van der Waals surface area contributed by atoms with Crippen LogP contribution in [0.15, 0.2) is 12.7 Å². The van der Waals surface area contributed by atoms with Crippen LogP contribution in [0.2, 0.25) is 0 Å². The molecule has 0 saturated carbocycles. The Morgan fingerprint density at radius 3 is 2.75 bits per heavy atom. The average Bonchev–Trinajstić information content (AvgIpc) is 1.68. The Labute approximate surface area is 49.1 Å². The number of carbonyl (C=O) groups is 1. The van der Waals surface area contributed by atoms with E-state index in [0.717, 1.165) is 0 Å². The fraction of sp³-hybridized carbons (Fsp3) is 0.333. The molecule has 0 N–H and O–H groups in total. The lowest BCUT2D eigenvalue weighted by Crippen LogP contribution is -2.04. The largest absolute Gasteiger partial charge is 0.464 e. The van der Waals surface area contributed by atoms with E-state index in [0.29, 0.717) is 12.9 Å². The van der Waals surface area contributed by atoms with E-state index in [1.54, 1.807) is 6.08 Å². The number of rotatable bonds is 4. The molecule has 2 nitrogen and oxygen atoms in total. The molecule has 1 atom stereocenters. The highest BCUT2D eigenvalue weighted by molar-refractivity contribution is 5.37. The zero-order valence-electron chi connectivity index (χ0n) is 4.67. The van der Waals surface area contributed by atoms with Crippen LogP contribution in [0.3, 0.4) is 0 Å². The second-order valence-corrected chi connectivity index (χ2v) is 1.38. The van der Waals surface area contributed by atoms with E-state index in [1.165, 1.54) is 0 Å². The third kappa shape index (κ3) is 3.40. The predicted molar refractivity (Wildman–Crippen MR) is 31.1 cm³/mol. The molecule has 0 aromatic carbocycles. The first-order valence-electron chi connectivity index (χ1n) is 2.34. The first kappa shape index (κ1) is 7.21. The van der Waals surface area contributed by atoms with Crippen molar-refractivity contribution in [1.29, 1.82) is 0 Å². The van der Waals surface area contributed by atoms with E-state index in [-0.39, 0.29) is 6.10 Å². The fourth-order valence-corrected chi connectivity index (χ4v) is 0.320. The molecule has 0 spiro atoms. The van der Waals surface area contributed by atoms with Gasteiger partial charge < -0.3 is 4.74 Å². The van der Waals surface area contributed by atoms with Crippen LogP contribution < -0.4 is 0 Å². The van der Waals surface area contributed by atoms with Crippen molar-refractivity contribution >= 4 is 6.47 Å². The first-order valence-corrected chi connectivity index (χ1v) is 2.34. The van der Waals surface area contributed by atoms with Gasteiger partial charge in [-0.3, -0.25) is 4.79 Å². The molecule has 0 heterocycles. The summed E-state index contributed by atoms with van der Waals surface area (Å²) in [6, 6.07) is 0. The van der Waals surface area contributed by atoms with Crippen molar-refractivity contribution < 1.29 is 9.53 Å². The Kier molecular flexibility index (Phi) is 3.94. The summed E-state index contributed by atoms with van der Waals surface area (Å²) < 4.78 is 4.42. The zero-order valence-corrected chi connectivity index (χ0v) is 4.67. The van der Waals surface area contributed by atoms with Gasteiger partial charge in [-0.25, -0.2) is 0 Å². The van der Waals surface area contributed by atoms with Gasteiger partial charge in [0.15, 0.2) is 0 Å². The van der Waals surface area contributed by atoms with Gasteiger partial charge in [0.2, 0.25) is 0 Å². The summed E-state index contributed by atoms with van der Waals surface area (Å²) in [6.45, 7) is 7.33. The van der Waals surface area contributed by atoms with Gasteiger partial charge in [0.1, 0.15) is 6.10 Å². The number of hydrogen-bond acceptors (Lipinski definition) is 2. The number of hydrogen-bond donors (Lipinski definition) is 0. The Bertz CT molecular complexity index is 68.6. The third-order valence-corrected chi connectivity index (χ3v) is 0.678. The van der Waals surface area contributed by atoms with Gasteiger partial charge in [0.25, 0.3) is 6.47 Å². The fourth-order valence-electron chi connectivity index (χ4n) is 0.320. The summed E-state index contributed by atoms with van der Waals surface area (Å²) in [4.78, 5) is 9.59. The van der Waals surface area contributed by atoms with Crippen LogP contribution in [0.25, 0.3) is 0 Å². The number of ether oxygens (including phenoxy) is 1. The molecule has 0 rings (SSSR count). The lowest BCUT2D eigenvalue weighted by Gasteiger charge is -2.02. The Hall–Kier alpha value is -0.790. The van der Waals surface area contributed by atoms with E-state index < -0.39 is 0 Å². The molecule has 0 aliphatic heterocycles. The SMILES string of the molecule is [CH2]C(CC=C)OC=O. The van der Waals surface area contributed by atoms with Gasteiger partial charge in [-0.2, -0.15) is 0 Å². The molecule has 0 aromatic rings. The summed E-state index contributed by atoms with van der Waals surface area (Å²) in [5, 5.41) is 0. The van der Waals surface area contributed by atoms with Gasteiger partial charge in [0, 0.05) is 6.42 Å². The van der Waals surface area contributed by atoms with Crippen molar-refractivity contribution in [1.82, 2.24) is 0 Å². The lowest BCUT2D eigenvalue weighted by molar-refractivity contribution is -0.131. The maximum Gasteiger partial charge on any atom is 0.293 e. The standard InChI is InChI=1S/C6H9O2/c1-3-4-6(2)8-5-7/h3,5-6H,1-2,4H2. The molecule has 45 valence electrons. The molecule has 0 aliphatic carbocycles. The molecule has 0 aliphatic rings. The van der Waals surface area contributed by atoms with Gasteiger partial charge in [-0.1, -0.05) is 6.08 Å². The molecular formula is C6H9O2. The van der Waals surface area contributed by atoms with E-state index in [9.17, 15) is 4.79 Å². The topological polar surface area (TPSA) is 26.3 Å².